The van der Waals surface area contributed by atoms with Gasteiger partial charge in [-0.3, -0.25) is 4.98 Å². The Morgan fingerprint density at radius 2 is 1.57 bits per heavy atom. The van der Waals surface area contributed by atoms with Crippen molar-refractivity contribution in [3.63, 3.8) is 0 Å². The van der Waals surface area contributed by atoms with Crippen LogP contribution in [0.25, 0.3) is 22.0 Å². The summed E-state index contributed by atoms with van der Waals surface area (Å²) in [6.45, 7) is 0. The largest absolute Gasteiger partial charge is 0.255 e. The number of hydrogen-bond donors (Lipinski definition) is 0. The molecule has 140 valence electrons. The lowest BCUT2D eigenvalue weighted by molar-refractivity contribution is 0.591. The van der Waals surface area contributed by atoms with Gasteiger partial charge in [0.05, 0.1) is 15.3 Å². The molecule has 0 spiro atoms. The molecule has 0 bridgehead atoms. The lowest BCUT2D eigenvalue weighted by atomic mass is 10.0. The van der Waals surface area contributed by atoms with Crippen molar-refractivity contribution in [2.75, 3.05) is 0 Å². The van der Waals surface area contributed by atoms with E-state index in [1.165, 1.54) is 42.6 Å². The summed E-state index contributed by atoms with van der Waals surface area (Å²) in [5.41, 5.74) is 1.23. The first-order chi connectivity index (χ1) is 13.4. The van der Waals surface area contributed by atoms with Crippen LogP contribution in [0.4, 0.5) is 8.78 Å². The van der Waals surface area contributed by atoms with Gasteiger partial charge in [0, 0.05) is 28.2 Å². The van der Waals surface area contributed by atoms with E-state index in [2.05, 4.69) is 4.98 Å². The number of rotatable bonds is 3. The molecule has 0 radical (unpaired) electrons. The fourth-order valence-electron chi connectivity index (χ4n) is 3.03. The Hall–Kier alpha value is -2.83. The Morgan fingerprint density at radius 1 is 0.857 bits per heavy atom. The molecule has 0 saturated carbocycles. The van der Waals surface area contributed by atoms with E-state index in [9.17, 15) is 17.2 Å². The second-order valence-corrected chi connectivity index (χ2v) is 8.48. The highest BCUT2D eigenvalue weighted by Gasteiger charge is 2.25. The van der Waals surface area contributed by atoms with E-state index in [-0.39, 0.29) is 9.79 Å². The lowest BCUT2D eigenvalue weighted by Gasteiger charge is -2.14. The SMILES string of the molecule is O=S(=O)(c1cccc(F)c1)c1cnc2cc(F)ccc2c1-c1ccc(Cl)cc1. The number of halogens is 3. The Bertz CT molecular complexity index is 1310. The second-order valence-electron chi connectivity index (χ2n) is 6.13. The molecule has 0 atom stereocenters. The third-order valence-electron chi connectivity index (χ3n) is 4.33. The summed E-state index contributed by atoms with van der Waals surface area (Å²) in [6, 6.07) is 15.3. The van der Waals surface area contributed by atoms with Gasteiger partial charge in [-0.05, 0) is 48.0 Å². The van der Waals surface area contributed by atoms with Crippen LogP contribution in [-0.4, -0.2) is 13.4 Å². The standard InChI is InChI=1S/C21H12ClF2NO2S/c22-14-6-4-13(5-7-14)21-18-9-8-16(24)11-19(18)25-12-20(21)28(26,27)17-3-1-2-15(23)10-17/h1-12H. The van der Waals surface area contributed by atoms with Crippen molar-refractivity contribution in [2.24, 2.45) is 0 Å². The van der Waals surface area contributed by atoms with E-state index in [1.54, 1.807) is 24.3 Å². The van der Waals surface area contributed by atoms with Gasteiger partial charge < -0.3 is 0 Å². The first-order valence-corrected chi connectivity index (χ1v) is 10.1. The maximum absolute atomic E-state index is 13.7. The van der Waals surface area contributed by atoms with Crippen molar-refractivity contribution in [1.82, 2.24) is 4.98 Å². The van der Waals surface area contributed by atoms with Gasteiger partial charge >= 0.3 is 0 Å². The zero-order chi connectivity index (χ0) is 19.9. The smallest absolute Gasteiger partial charge is 0.208 e. The van der Waals surface area contributed by atoms with Crippen molar-refractivity contribution in [3.8, 4) is 11.1 Å². The Morgan fingerprint density at radius 3 is 2.29 bits per heavy atom. The number of fused-ring (bicyclic) bond motifs is 1. The zero-order valence-electron chi connectivity index (χ0n) is 14.2. The monoisotopic (exact) mass is 415 g/mol. The summed E-state index contributed by atoms with van der Waals surface area (Å²) in [6.07, 6.45) is 1.17. The molecule has 0 unspecified atom stereocenters. The molecule has 0 aliphatic heterocycles. The van der Waals surface area contributed by atoms with Crippen molar-refractivity contribution in [3.05, 3.63) is 89.6 Å². The molecule has 0 amide bonds. The second kappa shape index (κ2) is 6.96. The van der Waals surface area contributed by atoms with Crippen molar-refractivity contribution in [1.29, 1.82) is 0 Å². The Kier molecular flexibility index (Phi) is 4.61. The fraction of sp³-hybridized carbons (Fsp3) is 0. The Labute approximate surface area is 165 Å². The van der Waals surface area contributed by atoms with E-state index < -0.39 is 21.5 Å². The maximum Gasteiger partial charge on any atom is 0.208 e. The molecule has 3 nitrogen and oxygen atoms in total. The molecule has 4 rings (SSSR count). The number of sulfone groups is 1. The number of hydrogen-bond acceptors (Lipinski definition) is 3. The third-order valence-corrected chi connectivity index (χ3v) is 6.34. The van der Waals surface area contributed by atoms with Crippen LogP contribution in [0, 0.1) is 11.6 Å². The van der Waals surface area contributed by atoms with Gasteiger partial charge in [0.25, 0.3) is 0 Å². The van der Waals surface area contributed by atoms with Crippen LogP contribution in [0.1, 0.15) is 0 Å². The minimum atomic E-state index is -4.08. The maximum atomic E-state index is 13.7. The summed E-state index contributed by atoms with van der Waals surface area (Å²) < 4.78 is 53.8. The van der Waals surface area contributed by atoms with Crippen molar-refractivity contribution < 1.29 is 17.2 Å². The topological polar surface area (TPSA) is 47.0 Å². The van der Waals surface area contributed by atoms with Crippen molar-refractivity contribution in [2.45, 2.75) is 9.79 Å². The van der Waals surface area contributed by atoms with Crippen LogP contribution >= 0.6 is 11.6 Å². The van der Waals surface area contributed by atoms with Crippen LogP contribution in [0.2, 0.25) is 5.02 Å². The highest BCUT2D eigenvalue weighted by atomic mass is 35.5. The molecule has 0 aliphatic carbocycles. The fourth-order valence-corrected chi connectivity index (χ4v) is 4.62. The number of benzene rings is 3. The van der Waals surface area contributed by atoms with E-state index in [0.717, 1.165) is 6.07 Å². The molecule has 1 aromatic heterocycles. The summed E-state index contributed by atoms with van der Waals surface area (Å²) in [4.78, 5) is 3.83. The van der Waals surface area contributed by atoms with E-state index in [0.29, 0.717) is 27.1 Å². The average Bonchev–Trinajstić information content (AvgIpc) is 2.67. The molecule has 28 heavy (non-hydrogen) atoms. The molecular formula is C21H12ClF2NO2S. The van der Waals surface area contributed by atoms with E-state index in [4.69, 9.17) is 11.6 Å². The van der Waals surface area contributed by atoms with Gasteiger partial charge in [-0.15, -0.1) is 0 Å². The van der Waals surface area contributed by atoms with E-state index >= 15 is 0 Å². The highest BCUT2D eigenvalue weighted by molar-refractivity contribution is 7.91. The predicted molar refractivity (Wildman–Crippen MR) is 104 cm³/mol. The summed E-state index contributed by atoms with van der Waals surface area (Å²) in [5.74, 6) is -1.15. The minimum Gasteiger partial charge on any atom is -0.255 e. The van der Waals surface area contributed by atoms with Gasteiger partial charge in [0.15, 0.2) is 0 Å². The minimum absolute atomic E-state index is 0.0977. The van der Waals surface area contributed by atoms with Gasteiger partial charge in [-0.1, -0.05) is 29.8 Å². The first-order valence-electron chi connectivity index (χ1n) is 8.21. The predicted octanol–water partition coefficient (Wildman–Crippen LogP) is 5.67. The molecule has 7 heteroatoms. The van der Waals surface area contributed by atoms with E-state index in [1.807, 2.05) is 0 Å². The zero-order valence-corrected chi connectivity index (χ0v) is 15.8. The molecule has 0 N–H and O–H groups in total. The first kappa shape index (κ1) is 18.5. The molecule has 0 fully saturated rings. The van der Waals surface area contributed by atoms with Gasteiger partial charge in [-0.2, -0.15) is 0 Å². The van der Waals surface area contributed by atoms with Gasteiger partial charge in [-0.25, -0.2) is 17.2 Å². The van der Waals surface area contributed by atoms with Crippen LogP contribution in [0.3, 0.4) is 0 Å². The van der Waals surface area contributed by atoms with Gasteiger partial charge in [0.1, 0.15) is 11.6 Å². The number of nitrogens with zero attached hydrogens (tertiary/aromatic N) is 1. The lowest BCUT2D eigenvalue weighted by Crippen LogP contribution is -2.06. The summed E-state index contributed by atoms with van der Waals surface area (Å²) in [7, 11) is -4.08. The van der Waals surface area contributed by atoms with Crippen LogP contribution in [0.15, 0.2) is 82.7 Å². The van der Waals surface area contributed by atoms with Crippen LogP contribution < -0.4 is 0 Å². The molecular weight excluding hydrogens is 404 g/mol. The van der Waals surface area contributed by atoms with Crippen LogP contribution in [0.5, 0.6) is 0 Å². The molecule has 1 heterocycles. The Balaban J connectivity index is 2.07. The molecule has 3 aromatic carbocycles. The summed E-state index contributed by atoms with van der Waals surface area (Å²) >= 11 is 5.96. The number of aromatic nitrogens is 1. The van der Waals surface area contributed by atoms with Crippen LogP contribution in [-0.2, 0) is 9.84 Å². The number of pyridine rings is 1. The average molecular weight is 416 g/mol. The highest BCUT2D eigenvalue weighted by Crippen LogP contribution is 2.37. The molecule has 4 aromatic rings. The van der Waals surface area contributed by atoms with Crippen molar-refractivity contribution >= 4 is 32.3 Å². The summed E-state index contributed by atoms with van der Waals surface area (Å²) in [5, 5.41) is 0.948. The third kappa shape index (κ3) is 3.25. The van der Waals surface area contributed by atoms with Gasteiger partial charge in [0.2, 0.25) is 9.84 Å². The normalized spacial score (nSPS) is 11.7. The molecule has 0 saturated heterocycles. The quantitative estimate of drug-likeness (QED) is 0.433. The molecule has 0 aliphatic rings.